The number of sulfonamides is 1. The second-order valence-corrected chi connectivity index (χ2v) is 13.0. The highest BCUT2D eigenvalue weighted by Crippen LogP contribution is 2.38. The van der Waals surface area contributed by atoms with Crippen LogP contribution >= 0.6 is 11.3 Å². The molecule has 1 aliphatic rings. The van der Waals surface area contributed by atoms with Crippen LogP contribution in [0.15, 0.2) is 29.2 Å². The number of hydrogen-bond donors (Lipinski definition) is 1. The molecule has 1 aliphatic heterocycles. The number of carbonyl (C=O) groups is 3. The minimum Gasteiger partial charge on any atom is -0.339 e. The number of benzene rings is 1. The Morgan fingerprint density at radius 3 is 2.21 bits per heavy atom. The minimum atomic E-state index is -3.64. The zero-order valence-electron chi connectivity index (χ0n) is 23.6. The Hall–Kier alpha value is -2.76. The van der Waals surface area contributed by atoms with Crippen molar-refractivity contribution >= 4 is 44.1 Å². The van der Waals surface area contributed by atoms with Crippen LogP contribution in [-0.2, 0) is 27.8 Å². The Balaban J connectivity index is 1.91. The third-order valence-corrected chi connectivity index (χ3v) is 9.87. The SMILES string of the molecule is CCCCN(C)S(=O)(=O)c1ccc(C(=O)Nc2sc3c(c2C(=O)N(CCC)CCC)CCN(C(C)=O)C3)cc1. The maximum atomic E-state index is 13.7. The van der Waals surface area contributed by atoms with Gasteiger partial charge in [0.2, 0.25) is 15.9 Å². The van der Waals surface area contributed by atoms with Crippen molar-refractivity contribution in [2.45, 2.75) is 71.2 Å². The molecule has 11 heteroatoms. The molecule has 2 heterocycles. The first-order chi connectivity index (χ1) is 18.5. The Morgan fingerprint density at radius 1 is 1.00 bits per heavy atom. The number of nitrogens with zero attached hydrogens (tertiary/aromatic N) is 3. The zero-order chi connectivity index (χ0) is 28.7. The van der Waals surface area contributed by atoms with E-state index in [2.05, 4.69) is 5.32 Å². The van der Waals surface area contributed by atoms with Crippen LogP contribution in [0.2, 0.25) is 0 Å². The van der Waals surface area contributed by atoms with Crippen LogP contribution in [0, 0.1) is 0 Å². The summed E-state index contributed by atoms with van der Waals surface area (Å²) in [5.74, 6) is -0.562. The van der Waals surface area contributed by atoms with Crippen molar-refractivity contribution in [3.05, 3.63) is 45.8 Å². The lowest BCUT2D eigenvalue weighted by Crippen LogP contribution is -2.36. The van der Waals surface area contributed by atoms with E-state index in [1.807, 2.05) is 25.7 Å². The summed E-state index contributed by atoms with van der Waals surface area (Å²) in [5, 5.41) is 3.39. The molecule has 9 nitrogen and oxygen atoms in total. The average molecular weight is 577 g/mol. The van der Waals surface area contributed by atoms with E-state index in [9.17, 15) is 22.8 Å². The first kappa shape index (κ1) is 30.8. The number of anilines is 1. The third-order valence-electron chi connectivity index (χ3n) is 6.87. The summed E-state index contributed by atoms with van der Waals surface area (Å²) in [6.07, 6.45) is 3.84. The van der Waals surface area contributed by atoms with Gasteiger partial charge >= 0.3 is 0 Å². The van der Waals surface area contributed by atoms with Crippen molar-refractivity contribution in [3.63, 3.8) is 0 Å². The standard InChI is InChI=1S/C28H40N4O5S2/c1-6-9-17-30(5)39(36,37)22-12-10-21(11-13-22)26(34)29-27-25(28(35)31(15-7-2)16-8-3)23-14-18-32(20(4)33)19-24(23)38-27/h10-13H,6-9,14-19H2,1-5H3,(H,29,34). The highest BCUT2D eigenvalue weighted by Gasteiger charge is 2.31. The normalized spacial score (nSPS) is 13.3. The number of fused-ring (bicyclic) bond motifs is 1. The molecular formula is C28H40N4O5S2. The summed E-state index contributed by atoms with van der Waals surface area (Å²) in [4.78, 5) is 43.6. The molecular weight excluding hydrogens is 536 g/mol. The molecule has 0 saturated carbocycles. The quantitative estimate of drug-likeness (QED) is 0.398. The van der Waals surface area contributed by atoms with Crippen molar-refractivity contribution in [1.29, 1.82) is 0 Å². The lowest BCUT2D eigenvalue weighted by atomic mass is 10.0. The van der Waals surface area contributed by atoms with Gasteiger partial charge in [0.05, 0.1) is 17.0 Å². The molecule has 0 aliphatic carbocycles. The van der Waals surface area contributed by atoms with Gasteiger partial charge in [-0.3, -0.25) is 14.4 Å². The van der Waals surface area contributed by atoms with Crippen molar-refractivity contribution in [1.82, 2.24) is 14.1 Å². The van der Waals surface area contributed by atoms with Crippen LogP contribution in [0.5, 0.6) is 0 Å². The molecule has 0 radical (unpaired) electrons. The van der Waals surface area contributed by atoms with Gasteiger partial charge in [-0.1, -0.05) is 27.2 Å². The Bertz CT molecular complexity index is 1280. The van der Waals surface area contributed by atoms with E-state index in [1.54, 1.807) is 11.9 Å². The molecule has 0 bridgehead atoms. The number of hydrogen-bond acceptors (Lipinski definition) is 6. The molecule has 2 aromatic rings. The lowest BCUT2D eigenvalue weighted by Gasteiger charge is -2.27. The number of amides is 3. The molecule has 0 atom stereocenters. The van der Waals surface area contributed by atoms with Gasteiger partial charge < -0.3 is 15.1 Å². The second-order valence-electron chi connectivity index (χ2n) is 9.85. The van der Waals surface area contributed by atoms with Crippen molar-refractivity contribution in [2.24, 2.45) is 0 Å². The second kappa shape index (κ2) is 13.5. The largest absolute Gasteiger partial charge is 0.339 e. The highest BCUT2D eigenvalue weighted by molar-refractivity contribution is 7.89. The Kier molecular flexibility index (Phi) is 10.7. The van der Waals surface area contributed by atoms with Crippen molar-refractivity contribution < 1.29 is 22.8 Å². The van der Waals surface area contributed by atoms with Gasteiger partial charge in [-0.05, 0) is 55.5 Å². The molecule has 1 N–H and O–H groups in total. The molecule has 1 aromatic carbocycles. The van der Waals surface area contributed by atoms with E-state index < -0.39 is 15.9 Å². The predicted octanol–water partition coefficient (Wildman–Crippen LogP) is 4.59. The van der Waals surface area contributed by atoms with E-state index in [1.165, 1.54) is 46.8 Å². The molecule has 214 valence electrons. The van der Waals surface area contributed by atoms with Gasteiger partial charge in [0.15, 0.2) is 0 Å². The van der Waals surface area contributed by atoms with Gasteiger partial charge in [-0.2, -0.15) is 0 Å². The smallest absolute Gasteiger partial charge is 0.257 e. The van der Waals surface area contributed by atoms with E-state index in [4.69, 9.17) is 0 Å². The summed E-state index contributed by atoms with van der Waals surface area (Å²) < 4.78 is 27.0. The fourth-order valence-corrected chi connectivity index (χ4v) is 7.09. The summed E-state index contributed by atoms with van der Waals surface area (Å²) >= 11 is 1.33. The monoisotopic (exact) mass is 576 g/mol. The molecule has 1 aromatic heterocycles. The summed E-state index contributed by atoms with van der Waals surface area (Å²) in [7, 11) is -2.09. The maximum Gasteiger partial charge on any atom is 0.257 e. The first-order valence-corrected chi connectivity index (χ1v) is 15.9. The summed E-state index contributed by atoms with van der Waals surface area (Å²) in [6, 6.07) is 5.85. The van der Waals surface area contributed by atoms with Gasteiger partial charge in [-0.15, -0.1) is 11.3 Å². The molecule has 3 rings (SSSR count). The van der Waals surface area contributed by atoms with E-state index in [0.717, 1.165) is 36.1 Å². The number of carbonyl (C=O) groups excluding carboxylic acids is 3. The van der Waals surface area contributed by atoms with Gasteiger partial charge in [0.25, 0.3) is 11.8 Å². The van der Waals surface area contributed by atoms with Gasteiger partial charge in [0.1, 0.15) is 5.00 Å². The van der Waals surface area contributed by atoms with Gasteiger partial charge in [0, 0.05) is 50.6 Å². The molecule has 0 spiro atoms. The van der Waals surface area contributed by atoms with Crippen LogP contribution in [0.25, 0.3) is 0 Å². The van der Waals surface area contributed by atoms with Crippen LogP contribution in [0.3, 0.4) is 0 Å². The van der Waals surface area contributed by atoms with Gasteiger partial charge in [-0.25, -0.2) is 12.7 Å². The van der Waals surface area contributed by atoms with Crippen molar-refractivity contribution in [3.8, 4) is 0 Å². The summed E-state index contributed by atoms with van der Waals surface area (Å²) in [5.41, 5.74) is 1.69. The lowest BCUT2D eigenvalue weighted by molar-refractivity contribution is -0.129. The molecule has 0 unspecified atom stereocenters. The fraction of sp³-hybridized carbons (Fsp3) is 0.536. The fourth-order valence-electron chi connectivity index (χ4n) is 4.63. The highest BCUT2D eigenvalue weighted by atomic mass is 32.2. The third kappa shape index (κ3) is 7.06. The van der Waals surface area contributed by atoms with Crippen molar-refractivity contribution in [2.75, 3.05) is 38.5 Å². The van der Waals surface area contributed by atoms with Crippen LogP contribution < -0.4 is 5.32 Å². The minimum absolute atomic E-state index is 0.0264. The van der Waals surface area contributed by atoms with Crippen LogP contribution in [0.1, 0.15) is 84.5 Å². The average Bonchev–Trinajstić information content (AvgIpc) is 3.27. The van der Waals surface area contributed by atoms with E-state index in [0.29, 0.717) is 55.3 Å². The number of rotatable bonds is 12. The van der Waals surface area contributed by atoms with Crippen LogP contribution in [-0.4, -0.2) is 73.5 Å². The Morgan fingerprint density at radius 2 is 1.64 bits per heavy atom. The molecule has 0 saturated heterocycles. The Labute approximate surface area is 236 Å². The van der Waals surface area contributed by atoms with Crippen LogP contribution in [0.4, 0.5) is 5.00 Å². The van der Waals surface area contributed by atoms with E-state index >= 15 is 0 Å². The molecule has 3 amide bonds. The molecule has 0 fully saturated rings. The molecule has 39 heavy (non-hydrogen) atoms. The van der Waals surface area contributed by atoms with E-state index in [-0.39, 0.29) is 16.7 Å². The number of thiophene rings is 1. The summed E-state index contributed by atoms with van der Waals surface area (Å²) in [6.45, 7) is 10.2. The topological polar surface area (TPSA) is 107 Å². The number of nitrogens with one attached hydrogen (secondary N) is 1. The zero-order valence-corrected chi connectivity index (χ0v) is 25.2. The number of unbranched alkanes of at least 4 members (excludes halogenated alkanes) is 1. The maximum absolute atomic E-state index is 13.7. The first-order valence-electron chi connectivity index (χ1n) is 13.6. The predicted molar refractivity (Wildman–Crippen MR) is 155 cm³/mol.